The minimum Gasteiger partial charge on any atom is -0.478 e. The molecule has 0 unspecified atom stereocenters. The zero-order chi connectivity index (χ0) is 13.3. The summed E-state index contributed by atoms with van der Waals surface area (Å²) >= 11 is 5.76. The lowest BCUT2D eigenvalue weighted by molar-refractivity contribution is -0.131. The number of halogens is 1. The topological polar surface area (TPSA) is 74.7 Å². The zero-order valence-electron chi connectivity index (χ0n) is 9.09. The van der Waals surface area contributed by atoms with Crippen LogP contribution in [0.15, 0.2) is 30.4 Å². The van der Waals surface area contributed by atoms with Crippen LogP contribution in [0.5, 0.6) is 0 Å². The number of carboxylic acids is 1. The zero-order valence-corrected chi connectivity index (χ0v) is 9.85. The van der Waals surface area contributed by atoms with E-state index in [1.165, 1.54) is 17.0 Å². The molecule has 1 heterocycles. The monoisotopic (exact) mass is 265 g/mol. The molecule has 0 bridgehead atoms. The largest absolute Gasteiger partial charge is 0.478 e. The van der Waals surface area contributed by atoms with E-state index < -0.39 is 17.7 Å². The summed E-state index contributed by atoms with van der Waals surface area (Å²) in [7, 11) is 0. The van der Waals surface area contributed by atoms with Crippen LogP contribution in [0, 0.1) is 0 Å². The van der Waals surface area contributed by atoms with Crippen LogP contribution in [0.1, 0.15) is 10.4 Å². The van der Waals surface area contributed by atoms with E-state index in [-0.39, 0.29) is 12.1 Å². The Kier molecular flexibility index (Phi) is 3.16. The molecule has 1 aromatic rings. The van der Waals surface area contributed by atoms with Crippen molar-refractivity contribution in [1.82, 2.24) is 0 Å². The molecule has 1 N–H and O–H groups in total. The first kappa shape index (κ1) is 12.3. The van der Waals surface area contributed by atoms with Crippen molar-refractivity contribution in [2.75, 3.05) is 11.4 Å². The number of benzene rings is 1. The minimum atomic E-state index is -1.11. The van der Waals surface area contributed by atoms with Gasteiger partial charge in [-0.2, -0.15) is 0 Å². The maximum absolute atomic E-state index is 11.7. The van der Waals surface area contributed by atoms with Crippen LogP contribution >= 0.6 is 11.6 Å². The Morgan fingerprint density at radius 1 is 1.39 bits per heavy atom. The Bertz CT molecular complexity index is 579. The lowest BCUT2D eigenvalue weighted by atomic mass is 10.1. The normalized spacial score (nSPS) is 14.4. The second-order valence-electron chi connectivity index (χ2n) is 3.65. The van der Waals surface area contributed by atoms with Crippen LogP contribution in [0.4, 0.5) is 5.69 Å². The average Bonchev–Trinajstić information content (AvgIpc) is 2.54. The number of anilines is 1. The number of hydrogen-bond acceptors (Lipinski definition) is 3. The van der Waals surface area contributed by atoms with Crippen molar-refractivity contribution < 1.29 is 19.5 Å². The highest BCUT2D eigenvalue weighted by molar-refractivity contribution is 6.52. The molecule has 5 nitrogen and oxygen atoms in total. The number of fused-ring (bicyclic) bond motifs is 1. The second kappa shape index (κ2) is 4.62. The smallest absolute Gasteiger partial charge is 0.328 e. The fourth-order valence-electron chi connectivity index (χ4n) is 1.71. The van der Waals surface area contributed by atoms with E-state index in [0.29, 0.717) is 10.7 Å². The molecule has 2 rings (SSSR count). The third kappa shape index (κ3) is 2.12. The quantitative estimate of drug-likeness (QED) is 0.664. The van der Waals surface area contributed by atoms with Gasteiger partial charge in [0.25, 0.3) is 11.7 Å². The second-order valence-corrected chi connectivity index (χ2v) is 4.08. The van der Waals surface area contributed by atoms with E-state index in [4.69, 9.17) is 16.7 Å². The molecule has 0 saturated heterocycles. The number of nitrogens with zero attached hydrogens (tertiary/aromatic N) is 1. The van der Waals surface area contributed by atoms with Crippen molar-refractivity contribution in [2.45, 2.75) is 0 Å². The summed E-state index contributed by atoms with van der Waals surface area (Å²) in [4.78, 5) is 34.9. The number of Topliss-reactive ketones (excluding diaryl/α,β-unsaturated/α-hetero) is 1. The summed E-state index contributed by atoms with van der Waals surface area (Å²) in [6, 6.07) is 4.56. The van der Waals surface area contributed by atoms with Gasteiger partial charge in [0.15, 0.2) is 0 Å². The van der Waals surface area contributed by atoms with Gasteiger partial charge in [0.2, 0.25) is 0 Å². The molecular formula is C12H8ClNO4. The van der Waals surface area contributed by atoms with Gasteiger partial charge in [-0.3, -0.25) is 9.59 Å². The van der Waals surface area contributed by atoms with E-state index in [9.17, 15) is 14.4 Å². The van der Waals surface area contributed by atoms with E-state index in [0.717, 1.165) is 6.08 Å². The Morgan fingerprint density at radius 2 is 2.11 bits per heavy atom. The van der Waals surface area contributed by atoms with Crippen molar-refractivity contribution in [2.24, 2.45) is 0 Å². The molecule has 1 amide bonds. The summed E-state index contributed by atoms with van der Waals surface area (Å²) in [5, 5.41) is 8.84. The molecule has 0 fully saturated rings. The predicted octanol–water partition coefficient (Wildman–Crippen LogP) is 1.51. The fourth-order valence-corrected chi connectivity index (χ4v) is 1.88. The molecular weight excluding hydrogens is 258 g/mol. The summed E-state index contributed by atoms with van der Waals surface area (Å²) in [5.41, 5.74) is 0.695. The number of ketones is 1. The van der Waals surface area contributed by atoms with E-state index in [1.54, 1.807) is 12.1 Å². The standard InChI is InChI=1S/C12H8ClNO4/c13-7-3-4-9-8(6-7)11(17)12(18)14(9)5-1-2-10(15)16/h1-4,6H,5H2,(H,15,16). The van der Waals surface area contributed by atoms with Gasteiger partial charge < -0.3 is 10.0 Å². The van der Waals surface area contributed by atoms with Gasteiger partial charge in [0, 0.05) is 17.6 Å². The maximum Gasteiger partial charge on any atom is 0.328 e. The molecule has 1 aliphatic rings. The van der Waals surface area contributed by atoms with Gasteiger partial charge in [0.05, 0.1) is 11.3 Å². The van der Waals surface area contributed by atoms with Crippen LogP contribution in [0.25, 0.3) is 0 Å². The molecule has 0 aliphatic carbocycles. The predicted molar refractivity (Wildman–Crippen MR) is 64.9 cm³/mol. The first-order valence-electron chi connectivity index (χ1n) is 5.06. The molecule has 0 saturated carbocycles. The lowest BCUT2D eigenvalue weighted by Gasteiger charge is -2.13. The molecule has 6 heteroatoms. The molecule has 0 atom stereocenters. The van der Waals surface area contributed by atoms with Crippen molar-refractivity contribution in [3.8, 4) is 0 Å². The highest BCUT2D eigenvalue weighted by Gasteiger charge is 2.35. The minimum absolute atomic E-state index is 0.0332. The van der Waals surface area contributed by atoms with Crippen LogP contribution in [0.2, 0.25) is 5.02 Å². The van der Waals surface area contributed by atoms with Crippen molar-refractivity contribution in [3.05, 3.63) is 40.9 Å². The number of carbonyl (C=O) groups is 3. The summed E-state index contributed by atoms with van der Waals surface area (Å²) in [6.45, 7) is 0.0332. The summed E-state index contributed by atoms with van der Waals surface area (Å²) < 4.78 is 0. The highest BCUT2D eigenvalue weighted by Crippen LogP contribution is 2.30. The highest BCUT2D eigenvalue weighted by atomic mass is 35.5. The van der Waals surface area contributed by atoms with Crippen LogP contribution in [0.3, 0.4) is 0 Å². The molecule has 0 aromatic heterocycles. The van der Waals surface area contributed by atoms with Crippen molar-refractivity contribution in [3.63, 3.8) is 0 Å². The number of amides is 1. The van der Waals surface area contributed by atoms with Gasteiger partial charge >= 0.3 is 5.97 Å². The Morgan fingerprint density at radius 3 is 2.78 bits per heavy atom. The number of carboxylic acid groups (broad SMARTS) is 1. The molecule has 92 valence electrons. The Hall–Kier alpha value is -2.14. The number of hydrogen-bond donors (Lipinski definition) is 1. The SMILES string of the molecule is O=C(O)C=CCN1C(=O)C(=O)c2cc(Cl)ccc21. The number of carbonyl (C=O) groups excluding carboxylic acids is 2. The van der Waals surface area contributed by atoms with Gasteiger partial charge in [-0.05, 0) is 18.2 Å². The van der Waals surface area contributed by atoms with Gasteiger partial charge in [-0.25, -0.2) is 4.79 Å². The molecule has 1 aromatic carbocycles. The third-order valence-corrected chi connectivity index (χ3v) is 2.72. The third-order valence-electron chi connectivity index (χ3n) is 2.48. The first-order chi connectivity index (χ1) is 8.50. The molecule has 0 spiro atoms. The van der Waals surface area contributed by atoms with Crippen LogP contribution in [-0.4, -0.2) is 29.3 Å². The van der Waals surface area contributed by atoms with Gasteiger partial charge in [-0.15, -0.1) is 0 Å². The van der Waals surface area contributed by atoms with E-state index in [1.807, 2.05) is 0 Å². The Labute approximate surface area is 107 Å². The fraction of sp³-hybridized carbons (Fsp3) is 0.0833. The van der Waals surface area contributed by atoms with Crippen molar-refractivity contribution in [1.29, 1.82) is 0 Å². The van der Waals surface area contributed by atoms with E-state index >= 15 is 0 Å². The van der Waals surface area contributed by atoms with Gasteiger partial charge in [0.1, 0.15) is 0 Å². The maximum atomic E-state index is 11.7. The number of aliphatic carboxylic acids is 1. The van der Waals surface area contributed by atoms with E-state index in [2.05, 4.69) is 0 Å². The van der Waals surface area contributed by atoms with Crippen LogP contribution in [-0.2, 0) is 9.59 Å². The summed E-state index contributed by atoms with van der Waals surface area (Å²) in [6.07, 6.45) is 2.23. The molecule has 0 radical (unpaired) electrons. The average molecular weight is 266 g/mol. The first-order valence-corrected chi connectivity index (χ1v) is 5.43. The van der Waals surface area contributed by atoms with Gasteiger partial charge in [-0.1, -0.05) is 17.7 Å². The Balaban J connectivity index is 2.31. The summed E-state index contributed by atoms with van der Waals surface area (Å²) in [5.74, 6) is -2.41. The lowest BCUT2D eigenvalue weighted by Crippen LogP contribution is -2.29. The van der Waals surface area contributed by atoms with Crippen LogP contribution < -0.4 is 4.90 Å². The van der Waals surface area contributed by atoms with Crippen molar-refractivity contribution >= 4 is 34.9 Å². The molecule has 18 heavy (non-hydrogen) atoms. The number of rotatable bonds is 3. The molecule has 1 aliphatic heterocycles.